The summed E-state index contributed by atoms with van der Waals surface area (Å²) in [6.45, 7) is 7.54. The van der Waals surface area contributed by atoms with E-state index >= 15 is 0 Å². The molecule has 2 amide bonds. The molecule has 0 aliphatic carbocycles. The average Bonchev–Trinajstić information content (AvgIpc) is 3.35. The number of carbonyl (C=O) groups excluding carboxylic acids is 2. The minimum atomic E-state index is -0.690. The monoisotopic (exact) mass is 482 g/mol. The van der Waals surface area contributed by atoms with Crippen molar-refractivity contribution in [3.8, 4) is 5.75 Å². The lowest BCUT2D eigenvalue weighted by Crippen LogP contribution is -2.41. The van der Waals surface area contributed by atoms with Crippen LogP contribution in [0.3, 0.4) is 0 Å². The van der Waals surface area contributed by atoms with Crippen molar-refractivity contribution in [3.05, 3.63) is 65.0 Å². The van der Waals surface area contributed by atoms with E-state index in [1.807, 2.05) is 43.0 Å². The molecule has 1 N–H and O–H groups in total. The van der Waals surface area contributed by atoms with Gasteiger partial charge in [-0.2, -0.15) is 0 Å². The van der Waals surface area contributed by atoms with Gasteiger partial charge in [-0.05, 0) is 73.1 Å². The van der Waals surface area contributed by atoms with Crippen LogP contribution in [0.2, 0.25) is 0 Å². The smallest absolute Gasteiger partial charge is 0.260 e. The molecule has 4 rings (SSSR count). The molecule has 6 nitrogen and oxygen atoms in total. The Bertz CT molecular complexity index is 1050. The summed E-state index contributed by atoms with van der Waals surface area (Å²) in [5.74, 6) is 0.278. The third-order valence-electron chi connectivity index (χ3n) is 6.62. The molecule has 2 aliphatic heterocycles. The van der Waals surface area contributed by atoms with Crippen LogP contribution in [0.1, 0.15) is 62.8 Å². The molecule has 0 aromatic heterocycles. The van der Waals surface area contributed by atoms with Crippen LogP contribution in [0.15, 0.2) is 42.5 Å². The highest BCUT2D eigenvalue weighted by atomic mass is 19.1. The van der Waals surface area contributed by atoms with Gasteiger partial charge in [-0.15, -0.1) is 0 Å². The first-order valence-electron chi connectivity index (χ1n) is 12.6. The summed E-state index contributed by atoms with van der Waals surface area (Å²) < 4.78 is 25.7. The molecule has 188 valence electrons. The number of hydrogen-bond acceptors (Lipinski definition) is 4. The van der Waals surface area contributed by atoms with Gasteiger partial charge in [0.1, 0.15) is 11.6 Å². The number of rotatable bonds is 8. The van der Waals surface area contributed by atoms with Gasteiger partial charge in [0.25, 0.3) is 5.91 Å². The zero-order chi connectivity index (χ0) is 24.9. The van der Waals surface area contributed by atoms with Crippen molar-refractivity contribution in [2.24, 2.45) is 5.92 Å². The zero-order valence-corrected chi connectivity index (χ0v) is 20.8. The van der Waals surface area contributed by atoms with Gasteiger partial charge in [-0.25, -0.2) is 4.39 Å². The molecule has 0 saturated carbocycles. The van der Waals surface area contributed by atoms with Gasteiger partial charge in [-0.1, -0.05) is 32.0 Å². The van der Waals surface area contributed by atoms with Crippen molar-refractivity contribution in [3.63, 3.8) is 0 Å². The van der Waals surface area contributed by atoms with Crippen LogP contribution in [0.5, 0.6) is 5.75 Å². The van der Waals surface area contributed by atoms with Crippen LogP contribution in [0, 0.1) is 11.7 Å². The van der Waals surface area contributed by atoms with Crippen molar-refractivity contribution in [2.45, 2.75) is 64.7 Å². The second-order valence-electron chi connectivity index (χ2n) is 9.89. The Morgan fingerprint density at radius 1 is 1.20 bits per heavy atom. The quantitative estimate of drug-likeness (QED) is 0.605. The van der Waals surface area contributed by atoms with Crippen LogP contribution >= 0.6 is 0 Å². The first kappa shape index (κ1) is 25.2. The fourth-order valence-corrected chi connectivity index (χ4v) is 4.86. The third kappa shape index (κ3) is 6.20. The highest BCUT2D eigenvalue weighted by Crippen LogP contribution is 2.38. The van der Waals surface area contributed by atoms with E-state index in [9.17, 15) is 14.0 Å². The first-order valence-corrected chi connectivity index (χ1v) is 12.6. The summed E-state index contributed by atoms with van der Waals surface area (Å²) in [7, 11) is 0. The molecule has 2 aliphatic rings. The fourth-order valence-electron chi connectivity index (χ4n) is 4.86. The van der Waals surface area contributed by atoms with Gasteiger partial charge in [0.05, 0.1) is 12.1 Å². The predicted molar refractivity (Wildman–Crippen MR) is 132 cm³/mol. The Labute approximate surface area is 206 Å². The number of carbonyl (C=O) groups is 2. The number of nitrogens with zero attached hydrogens (tertiary/aromatic N) is 1. The van der Waals surface area contributed by atoms with Gasteiger partial charge in [-0.3, -0.25) is 9.59 Å². The number of fused-ring (bicyclic) bond motifs is 1. The Hall–Kier alpha value is -2.93. The second-order valence-corrected chi connectivity index (χ2v) is 9.89. The van der Waals surface area contributed by atoms with Crippen molar-refractivity contribution in [2.75, 3.05) is 19.7 Å². The standard InChI is InChI=1S/C28H35FN2O4/c1-18(2)14-26(32)31-12-11-20-9-10-23(16-25(20)27(31)21-6-4-7-22(29)15-21)35-19(3)28(33)30-17-24-8-5-13-34-24/h4,6-7,9-10,15-16,18-19,24,27H,5,8,11-14,17H2,1-3H3,(H,30,33)/t19-,24+,27+/m1/s1. The molecule has 0 unspecified atom stereocenters. The molecule has 0 spiro atoms. The van der Waals surface area contributed by atoms with Crippen LogP contribution in [0.4, 0.5) is 4.39 Å². The maximum Gasteiger partial charge on any atom is 0.260 e. The molecule has 2 aromatic carbocycles. The largest absolute Gasteiger partial charge is 0.481 e. The number of hydrogen-bond donors (Lipinski definition) is 1. The predicted octanol–water partition coefficient (Wildman–Crippen LogP) is 4.41. The number of amides is 2. The highest BCUT2D eigenvalue weighted by molar-refractivity contribution is 5.80. The molecule has 1 fully saturated rings. The van der Waals surface area contributed by atoms with Crippen molar-refractivity contribution in [1.29, 1.82) is 0 Å². The maximum atomic E-state index is 14.2. The van der Waals surface area contributed by atoms with Crippen molar-refractivity contribution >= 4 is 11.8 Å². The van der Waals surface area contributed by atoms with Gasteiger partial charge in [0.2, 0.25) is 5.91 Å². The summed E-state index contributed by atoms with van der Waals surface area (Å²) in [5.41, 5.74) is 2.72. The Morgan fingerprint density at radius 2 is 2.03 bits per heavy atom. The van der Waals surface area contributed by atoms with Gasteiger partial charge < -0.3 is 19.7 Å². The first-order chi connectivity index (χ1) is 16.8. The molecule has 2 heterocycles. The zero-order valence-electron chi connectivity index (χ0n) is 20.8. The molecular formula is C28H35FN2O4. The molecule has 2 aromatic rings. The molecule has 1 saturated heterocycles. The Balaban J connectivity index is 1.56. The summed E-state index contributed by atoms with van der Waals surface area (Å²) >= 11 is 0. The van der Waals surface area contributed by atoms with E-state index in [-0.39, 0.29) is 29.7 Å². The minimum Gasteiger partial charge on any atom is -0.481 e. The fraction of sp³-hybridized carbons (Fsp3) is 0.500. The third-order valence-corrected chi connectivity index (χ3v) is 6.62. The second kappa shape index (κ2) is 11.2. The summed E-state index contributed by atoms with van der Waals surface area (Å²) in [5, 5.41) is 2.90. The van der Waals surface area contributed by atoms with Crippen LogP contribution < -0.4 is 10.1 Å². The van der Waals surface area contributed by atoms with Gasteiger partial charge in [0, 0.05) is 26.1 Å². The molecule has 35 heavy (non-hydrogen) atoms. The van der Waals surface area contributed by atoms with E-state index in [1.54, 1.807) is 13.0 Å². The van der Waals surface area contributed by atoms with Crippen LogP contribution in [-0.4, -0.2) is 48.6 Å². The lowest BCUT2D eigenvalue weighted by atomic mass is 9.87. The molecule has 3 atom stereocenters. The number of nitrogens with one attached hydrogen (secondary N) is 1. The molecule has 0 radical (unpaired) electrons. The van der Waals surface area contributed by atoms with Crippen LogP contribution in [0.25, 0.3) is 0 Å². The Kier molecular flexibility index (Phi) is 8.06. The van der Waals surface area contributed by atoms with E-state index in [0.29, 0.717) is 31.7 Å². The van der Waals surface area contributed by atoms with Gasteiger partial charge >= 0.3 is 0 Å². The summed E-state index contributed by atoms with van der Waals surface area (Å²) in [4.78, 5) is 27.6. The van der Waals surface area contributed by atoms with E-state index < -0.39 is 12.1 Å². The van der Waals surface area contributed by atoms with Crippen molar-refractivity contribution in [1.82, 2.24) is 10.2 Å². The normalized spacial score (nSPS) is 20.4. The molecule has 7 heteroatoms. The SMILES string of the molecule is CC(C)CC(=O)N1CCc2ccc(O[C@H](C)C(=O)NC[C@@H]3CCCO3)cc2[C@@H]1c1cccc(F)c1. The Morgan fingerprint density at radius 3 is 2.74 bits per heavy atom. The number of halogens is 1. The summed E-state index contributed by atoms with van der Waals surface area (Å²) in [6, 6.07) is 11.7. The lowest BCUT2D eigenvalue weighted by molar-refractivity contribution is -0.134. The van der Waals surface area contributed by atoms with Gasteiger partial charge in [0.15, 0.2) is 6.10 Å². The number of ether oxygens (including phenoxy) is 2. The van der Waals surface area contributed by atoms with E-state index in [2.05, 4.69) is 5.32 Å². The summed E-state index contributed by atoms with van der Waals surface area (Å²) in [6.07, 6.45) is 2.49. The molecular weight excluding hydrogens is 447 g/mol. The topological polar surface area (TPSA) is 67.9 Å². The lowest BCUT2D eigenvalue weighted by Gasteiger charge is -2.38. The minimum absolute atomic E-state index is 0.0492. The van der Waals surface area contributed by atoms with E-state index in [0.717, 1.165) is 36.1 Å². The average molecular weight is 483 g/mol. The highest BCUT2D eigenvalue weighted by Gasteiger charge is 2.33. The van der Waals surface area contributed by atoms with E-state index in [4.69, 9.17) is 9.47 Å². The van der Waals surface area contributed by atoms with Crippen LogP contribution in [-0.2, 0) is 20.7 Å². The molecule has 0 bridgehead atoms. The maximum absolute atomic E-state index is 14.2. The van der Waals surface area contributed by atoms with E-state index in [1.165, 1.54) is 12.1 Å². The van der Waals surface area contributed by atoms with Crippen molar-refractivity contribution < 1.29 is 23.5 Å². The number of benzene rings is 2.